The lowest BCUT2D eigenvalue weighted by Crippen LogP contribution is -2.07. The van der Waals surface area contributed by atoms with Gasteiger partial charge in [0.2, 0.25) is 0 Å². The van der Waals surface area contributed by atoms with Gasteiger partial charge < -0.3 is 4.74 Å². The first kappa shape index (κ1) is 17.5. The minimum atomic E-state index is -0.521. The zero-order valence-corrected chi connectivity index (χ0v) is 15.6. The van der Waals surface area contributed by atoms with E-state index in [1.165, 1.54) is 7.11 Å². The number of nitrogens with zero attached hydrogens (tertiary/aromatic N) is 4. The van der Waals surface area contributed by atoms with E-state index in [0.717, 1.165) is 10.9 Å². The van der Waals surface area contributed by atoms with Gasteiger partial charge in [-0.3, -0.25) is 0 Å². The molecule has 6 nitrogen and oxygen atoms in total. The van der Waals surface area contributed by atoms with Crippen molar-refractivity contribution >= 4 is 40.1 Å². The Morgan fingerprint density at radius 3 is 2.67 bits per heavy atom. The predicted octanol–water partition coefficient (Wildman–Crippen LogP) is 4.58. The number of methoxy groups -OCH3 is 1. The third-order valence-electron chi connectivity index (χ3n) is 4.04. The molecule has 8 heteroatoms. The molecule has 2 heterocycles. The molecule has 2 aromatic heterocycles. The first-order chi connectivity index (χ1) is 13.1. The second kappa shape index (κ2) is 6.98. The van der Waals surface area contributed by atoms with Crippen LogP contribution >= 0.6 is 23.2 Å². The molecule has 0 aliphatic carbocycles. The Labute approximate surface area is 164 Å². The highest BCUT2D eigenvalue weighted by molar-refractivity contribution is 6.42. The molecule has 0 spiro atoms. The molecule has 4 aromatic rings. The van der Waals surface area contributed by atoms with Crippen LogP contribution in [0.1, 0.15) is 10.5 Å². The second-order valence-electron chi connectivity index (χ2n) is 5.71. The molecule has 4 rings (SSSR count). The van der Waals surface area contributed by atoms with Crippen molar-refractivity contribution in [2.45, 2.75) is 0 Å². The van der Waals surface area contributed by atoms with Crippen LogP contribution in [0.2, 0.25) is 10.0 Å². The van der Waals surface area contributed by atoms with E-state index < -0.39 is 5.97 Å². The van der Waals surface area contributed by atoms with Gasteiger partial charge in [-0.25, -0.2) is 14.5 Å². The standard InChI is InChI=1S/C19H12Cl2N4O2/c1-27-19(26)16-9-18(12-4-2-3-5-15(12)22-16)25-10-17(23-24-25)11-6-7-13(20)14(21)8-11/h2-10H,1H3. The number of esters is 1. The summed E-state index contributed by atoms with van der Waals surface area (Å²) in [6.07, 6.45) is 1.75. The van der Waals surface area contributed by atoms with Crippen LogP contribution in [0.5, 0.6) is 0 Å². The molecule has 0 unspecified atom stereocenters. The molecule has 0 amide bonds. The SMILES string of the molecule is COC(=O)c1cc(-n2cc(-c3ccc(Cl)c(Cl)c3)nn2)c2ccccc2n1. The Morgan fingerprint density at radius 2 is 1.89 bits per heavy atom. The Morgan fingerprint density at radius 1 is 1.07 bits per heavy atom. The molecule has 0 aliphatic heterocycles. The lowest BCUT2D eigenvalue weighted by molar-refractivity contribution is 0.0594. The van der Waals surface area contributed by atoms with Crippen LogP contribution in [0.4, 0.5) is 0 Å². The quantitative estimate of drug-likeness (QED) is 0.472. The Bertz CT molecular complexity index is 1170. The van der Waals surface area contributed by atoms with E-state index in [-0.39, 0.29) is 5.69 Å². The van der Waals surface area contributed by atoms with Crippen LogP contribution in [0, 0.1) is 0 Å². The molecule has 0 saturated carbocycles. The molecule has 134 valence electrons. The summed E-state index contributed by atoms with van der Waals surface area (Å²) in [5.41, 5.74) is 2.91. The van der Waals surface area contributed by atoms with Crippen LogP contribution < -0.4 is 0 Å². The number of aromatic nitrogens is 4. The largest absolute Gasteiger partial charge is 0.464 e. The first-order valence-corrected chi connectivity index (χ1v) is 8.68. The van der Waals surface area contributed by atoms with E-state index in [9.17, 15) is 4.79 Å². The number of fused-ring (bicyclic) bond motifs is 1. The maximum atomic E-state index is 12.0. The van der Waals surface area contributed by atoms with Crippen molar-refractivity contribution in [1.82, 2.24) is 20.0 Å². The topological polar surface area (TPSA) is 69.9 Å². The molecule has 27 heavy (non-hydrogen) atoms. The van der Waals surface area contributed by atoms with Crippen LogP contribution in [-0.4, -0.2) is 33.1 Å². The Hall–Kier alpha value is -2.96. The van der Waals surface area contributed by atoms with E-state index >= 15 is 0 Å². The number of hydrogen-bond acceptors (Lipinski definition) is 5. The molecular weight excluding hydrogens is 387 g/mol. The minimum Gasteiger partial charge on any atom is -0.464 e. The third kappa shape index (κ3) is 3.25. The Balaban J connectivity index is 1.86. The van der Waals surface area contributed by atoms with Crippen molar-refractivity contribution in [3.63, 3.8) is 0 Å². The van der Waals surface area contributed by atoms with E-state index in [1.54, 1.807) is 29.1 Å². The van der Waals surface area contributed by atoms with E-state index in [1.807, 2.05) is 30.3 Å². The molecule has 0 radical (unpaired) electrons. The summed E-state index contributed by atoms with van der Waals surface area (Å²) in [5.74, 6) is -0.521. The normalized spacial score (nSPS) is 10.9. The number of rotatable bonds is 3. The number of para-hydroxylation sites is 1. The smallest absolute Gasteiger partial charge is 0.356 e. The maximum Gasteiger partial charge on any atom is 0.356 e. The van der Waals surface area contributed by atoms with Gasteiger partial charge in [-0.15, -0.1) is 5.10 Å². The number of ether oxygens (including phenoxy) is 1. The Kier molecular flexibility index (Phi) is 4.51. The van der Waals surface area contributed by atoms with Gasteiger partial charge in [0.15, 0.2) is 5.69 Å². The molecule has 0 saturated heterocycles. The van der Waals surface area contributed by atoms with Crippen molar-refractivity contribution < 1.29 is 9.53 Å². The summed E-state index contributed by atoms with van der Waals surface area (Å²) >= 11 is 12.1. The van der Waals surface area contributed by atoms with Gasteiger partial charge in [0.05, 0.1) is 34.6 Å². The van der Waals surface area contributed by atoms with Crippen LogP contribution in [0.15, 0.2) is 54.7 Å². The van der Waals surface area contributed by atoms with Crippen molar-refractivity contribution in [2.24, 2.45) is 0 Å². The van der Waals surface area contributed by atoms with Crippen molar-refractivity contribution in [1.29, 1.82) is 0 Å². The second-order valence-corrected chi connectivity index (χ2v) is 6.53. The zero-order chi connectivity index (χ0) is 19.0. The number of pyridine rings is 1. The van der Waals surface area contributed by atoms with Crippen LogP contribution in [0.25, 0.3) is 27.8 Å². The van der Waals surface area contributed by atoms with Gasteiger partial charge in [0, 0.05) is 10.9 Å². The van der Waals surface area contributed by atoms with Gasteiger partial charge in [0.1, 0.15) is 5.69 Å². The van der Waals surface area contributed by atoms with Crippen LogP contribution in [-0.2, 0) is 4.74 Å². The lowest BCUT2D eigenvalue weighted by atomic mass is 10.1. The van der Waals surface area contributed by atoms with Gasteiger partial charge in [0.25, 0.3) is 0 Å². The summed E-state index contributed by atoms with van der Waals surface area (Å²) in [6, 6.07) is 14.3. The molecule has 0 bridgehead atoms. The molecule has 0 N–H and O–H groups in total. The van der Waals surface area contributed by atoms with Crippen molar-refractivity contribution in [3.05, 3.63) is 70.5 Å². The first-order valence-electron chi connectivity index (χ1n) is 7.93. The number of hydrogen-bond donors (Lipinski definition) is 0. The predicted molar refractivity (Wildman–Crippen MR) is 103 cm³/mol. The van der Waals surface area contributed by atoms with E-state index in [4.69, 9.17) is 27.9 Å². The lowest BCUT2D eigenvalue weighted by Gasteiger charge is -2.08. The van der Waals surface area contributed by atoms with Gasteiger partial charge in [-0.05, 0) is 24.3 Å². The highest BCUT2D eigenvalue weighted by atomic mass is 35.5. The highest BCUT2D eigenvalue weighted by Gasteiger charge is 2.15. The summed E-state index contributed by atoms with van der Waals surface area (Å²) < 4.78 is 6.39. The molecule has 0 aliphatic rings. The minimum absolute atomic E-state index is 0.192. The number of halogens is 2. The highest BCUT2D eigenvalue weighted by Crippen LogP contribution is 2.28. The van der Waals surface area contributed by atoms with Gasteiger partial charge >= 0.3 is 5.97 Å². The average Bonchev–Trinajstić information content (AvgIpc) is 3.18. The summed E-state index contributed by atoms with van der Waals surface area (Å²) in [4.78, 5) is 16.3. The number of carbonyl (C=O) groups excluding carboxylic acids is 1. The van der Waals surface area contributed by atoms with Gasteiger partial charge in [-0.1, -0.05) is 52.7 Å². The summed E-state index contributed by atoms with van der Waals surface area (Å²) in [7, 11) is 1.32. The van der Waals surface area contributed by atoms with E-state index in [0.29, 0.717) is 26.9 Å². The third-order valence-corrected chi connectivity index (χ3v) is 4.78. The summed E-state index contributed by atoms with van der Waals surface area (Å²) in [6.45, 7) is 0. The van der Waals surface area contributed by atoms with Crippen molar-refractivity contribution in [2.75, 3.05) is 7.11 Å². The summed E-state index contributed by atoms with van der Waals surface area (Å²) in [5, 5.41) is 10.1. The molecule has 0 atom stereocenters. The van der Waals surface area contributed by atoms with E-state index in [2.05, 4.69) is 15.3 Å². The fourth-order valence-electron chi connectivity index (χ4n) is 2.72. The number of carbonyl (C=O) groups is 1. The van der Waals surface area contributed by atoms with Crippen molar-refractivity contribution in [3.8, 4) is 16.9 Å². The fraction of sp³-hybridized carbons (Fsp3) is 0.0526. The fourth-order valence-corrected chi connectivity index (χ4v) is 3.02. The van der Waals surface area contributed by atoms with Crippen LogP contribution in [0.3, 0.4) is 0 Å². The maximum absolute atomic E-state index is 12.0. The van der Waals surface area contributed by atoms with Gasteiger partial charge in [-0.2, -0.15) is 0 Å². The number of benzene rings is 2. The molecule has 0 fully saturated rings. The molecule has 2 aromatic carbocycles. The average molecular weight is 399 g/mol. The monoisotopic (exact) mass is 398 g/mol. The molecular formula is C19H12Cl2N4O2. The zero-order valence-electron chi connectivity index (χ0n) is 14.1.